The Hall–Kier alpha value is -4.04. The Morgan fingerprint density at radius 3 is 2.54 bits per heavy atom. The lowest BCUT2D eigenvalue weighted by atomic mass is 9.86. The lowest BCUT2D eigenvalue weighted by Gasteiger charge is -2.30. The molecule has 3 fully saturated rings. The van der Waals surface area contributed by atoms with Gasteiger partial charge in [0.05, 0.1) is 12.3 Å². The average Bonchev–Trinajstić information content (AvgIpc) is 3.24. The van der Waals surface area contributed by atoms with Crippen molar-refractivity contribution in [3.8, 4) is 5.75 Å². The lowest BCUT2D eigenvalue weighted by Crippen LogP contribution is -2.43. The Kier molecular flexibility index (Phi) is 8.30. The summed E-state index contributed by atoms with van der Waals surface area (Å²) < 4.78 is 51.6. The van der Waals surface area contributed by atoms with Gasteiger partial charge in [-0.05, 0) is 56.9 Å². The van der Waals surface area contributed by atoms with Crippen molar-refractivity contribution in [2.24, 2.45) is 5.92 Å². The van der Waals surface area contributed by atoms with Crippen LogP contribution in [0.15, 0.2) is 48.8 Å². The molecule has 246 valence electrons. The van der Waals surface area contributed by atoms with Gasteiger partial charge >= 0.3 is 25.7 Å². The number of benzene rings is 1. The number of carbonyl (C=O) groups is 3. The number of nitrogens with two attached hydrogens (primary N) is 1. The second-order valence-corrected chi connectivity index (χ2v) is 13.6. The molecule has 1 saturated heterocycles. The van der Waals surface area contributed by atoms with Crippen molar-refractivity contribution in [1.29, 1.82) is 0 Å². The summed E-state index contributed by atoms with van der Waals surface area (Å²) in [4.78, 5) is 41.9. The molecule has 7 atom stereocenters. The van der Waals surface area contributed by atoms with Gasteiger partial charge in [0.15, 0.2) is 11.9 Å². The van der Waals surface area contributed by atoms with Gasteiger partial charge in [0, 0.05) is 13.8 Å². The molecule has 15 nitrogen and oxygen atoms in total. The number of anilines is 1. The first-order valence-electron chi connectivity index (χ1n) is 15.0. The van der Waals surface area contributed by atoms with Crippen LogP contribution in [-0.4, -0.2) is 68.6 Å². The summed E-state index contributed by atoms with van der Waals surface area (Å²) >= 11 is 0. The normalized spacial score (nSPS) is 28.7. The minimum atomic E-state index is -4.46. The molecule has 3 heterocycles. The smallest absolute Gasteiger partial charge is 0.459 e. The third-order valence-corrected chi connectivity index (χ3v) is 10.3. The largest absolute Gasteiger partial charge is 0.464 e. The SMILES string of the molecule is CC(=O)O[C@H]1[C@H](c2ccc3c(N)ncnn23)O[C@]2(C)C(O[P@@](=O)(N[C@@H](C)C(=O)OCC3CCC3)Oc3ccccc3)[C@]12OC(C)=O. The number of nitrogens with zero attached hydrogens (tertiary/aromatic N) is 3. The van der Waals surface area contributed by atoms with Crippen LogP contribution in [0, 0.1) is 5.92 Å². The van der Waals surface area contributed by atoms with Gasteiger partial charge in [-0.25, -0.2) is 14.1 Å². The first-order chi connectivity index (χ1) is 21.9. The van der Waals surface area contributed by atoms with Crippen LogP contribution in [0.25, 0.3) is 5.52 Å². The third kappa shape index (κ3) is 5.61. The molecule has 3 aliphatic rings. The zero-order valence-electron chi connectivity index (χ0n) is 25.8. The van der Waals surface area contributed by atoms with Crippen molar-refractivity contribution in [2.45, 2.75) is 82.5 Å². The van der Waals surface area contributed by atoms with E-state index < -0.39 is 61.2 Å². The number of nitrogens with one attached hydrogen (secondary N) is 1. The standard InChI is InChI=1S/C30H36N5O10P/c1-17(27(38)40-15-20-9-8-10-20)34-46(39,44-21-11-6-5-7-12-21)45-28-29(4)30(28,42-19(3)37)25(41-18(2)36)24(43-29)22-13-14-23-26(31)32-16-33-35(22)23/h5-7,11-14,16-17,20,24-25,28H,8-10,15H2,1-4H3,(H,34,39)(H2,31,32,33)/t17-,24-,25-,28?,29+,30+,46+/m0/s1. The van der Waals surface area contributed by atoms with E-state index in [1.165, 1.54) is 31.6 Å². The Morgan fingerprint density at radius 1 is 1.15 bits per heavy atom. The zero-order chi connectivity index (χ0) is 32.9. The summed E-state index contributed by atoms with van der Waals surface area (Å²) in [7, 11) is -4.46. The van der Waals surface area contributed by atoms with E-state index in [1.807, 2.05) is 0 Å². The molecule has 2 aromatic heterocycles. The third-order valence-electron chi connectivity index (χ3n) is 8.66. The summed E-state index contributed by atoms with van der Waals surface area (Å²) in [5.41, 5.74) is 3.65. The van der Waals surface area contributed by atoms with E-state index in [0.29, 0.717) is 17.1 Å². The maximum atomic E-state index is 14.5. The predicted molar refractivity (Wildman–Crippen MR) is 160 cm³/mol. The summed E-state index contributed by atoms with van der Waals surface area (Å²) in [5.74, 6) is -1.37. The van der Waals surface area contributed by atoms with Crippen molar-refractivity contribution in [2.75, 3.05) is 12.3 Å². The zero-order valence-corrected chi connectivity index (χ0v) is 26.7. The highest BCUT2D eigenvalue weighted by Crippen LogP contribution is 2.70. The fraction of sp³-hybridized carbons (Fsp3) is 0.500. The number of hydrogen-bond acceptors (Lipinski definition) is 13. The van der Waals surface area contributed by atoms with Gasteiger partial charge in [0.2, 0.25) is 5.60 Å². The highest BCUT2D eigenvalue weighted by atomic mass is 31.2. The monoisotopic (exact) mass is 657 g/mol. The second-order valence-electron chi connectivity index (χ2n) is 11.9. The number of rotatable bonds is 12. The molecule has 1 unspecified atom stereocenters. The summed E-state index contributed by atoms with van der Waals surface area (Å²) in [6.07, 6.45) is 0.732. The first-order valence-corrected chi connectivity index (χ1v) is 16.5. The molecule has 1 aromatic carbocycles. The van der Waals surface area contributed by atoms with Crippen LogP contribution < -0.4 is 15.3 Å². The molecule has 0 radical (unpaired) electrons. The van der Waals surface area contributed by atoms with Crippen molar-refractivity contribution < 1.29 is 46.9 Å². The Labute approximate surface area is 264 Å². The maximum Gasteiger partial charge on any atom is 0.459 e. The van der Waals surface area contributed by atoms with Crippen molar-refractivity contribution in [3.63, 3.8) is 0 Å². The van der Waals surface area contributed by atoms with Gasteiger partial charge in [-0.1, -0.05) is 24.6 Å². The Bertz CT molecular complexity index is 1700. The summed E-state index contributed by atoms with van der Waals surface area (Å²) in [6.45, 7) is 5.70. The summed E-state index contributed by atoms with van der Waals surface area (Å²) in [6, 6.07) is 10.5. The number of carbonyl (C=O) groups excluding carboxylic acids is 3. The molecule has 3 N–H and O–H groups in total. The summed E-state index contributed by atoms with van der Waals surface area (Å²) in [5, 5.41) is 6.94. The van der Waals surface area contributed by atoms with Gasteiger partial charge in [0.1, 0.15) is 41.4 Å². The molecule has 2 saturated carbocycles. The minimum absolute atomic E-state index is 0.179. The minimum Gasteiger partial charge on any atom is -0.464 e. The lowest BCUT2D eigenvalue weighted by molar-refractivity contribution is -0.174. The molecule has 0 amide bonds. The molecule has 2 aliphatic carbocycles. The van der Waals surface area contributed by atoms with Gasteiger partial charge in [-0.3, -0.25) is 18.9 Å². The molecular formula is C30H36N5O10P. The number of ether oxygens (including phenoxy) is 4. The fourth-order valence-corrected chi connectivity index (χ4v) is 7.93. The quantitative estimate of drug-likeness (QED) is 0.164. The molecule has 6 rings (SSSR count). The molecular weight excluding hydrogens is 621 g/mol. The Balaban J connectivity index is 1.33. The van der Waals surface area contributed by atoms with Gasteiger partial charge in [0.25, 0.3) is 0 Å². The predicted octanol–water partition coefficient (Wildman–Crippen LogP) is 3.28. The van der Waals surface area contributed by atoms with Gasteiger partial charge in [-0.15, -0.1) is 0 Å². The van der Waals surface area contributed by atoms with Crippen LogP contribution in [0.3, 0.4) is 0 Å². The van der Waals surface area contributed by atoms with E-state index in [1.54, 1.807) is 49.4 Å². The first kappa shape index (κ1) is 31.9. The van der Waals surface area contributed by atoms with Crippen LogP contribution in [0.4, 0.5) is 5.82 Å². The van der Waals surface area contributed by atoms with Crippen molar-refractivity contribution >= 4 is 37.0 Å². The second kappa shape index (κ2) is 12.0. The van der Waals surface area contributed by atoms with Crippen LogP contribution in [0.2, 0.25) is 0 Å². The number of fused-ring (bicyclic) bond motifs is 2. The van der Waals surface area contributed by atoms with Gasteiger partial charge in [-0.2, -0.15) is 10.2 Å². The fourth-order valence-electron chi connectivity index (χ4n) is 6.16. The number of hydrogen-bond donors (Lipinski definition) is 2. The van der Waals surface area contributed by atoms with Crippen LogP contribution in [0.5, 0.6) is 5.75 Å². The van der Waals surface area contributed by atoms with E-state index in [4.69, 9.17) is 33.7 Å². The Morgan fingerprint density at radius 2 is 1.89 bits per heavy atom. The molecule has 16 heteroatoms. The van der Waals surface area contributed by atoms with Gasteiger partial charge < -0.3 is 29.2 Å². The van der Waals surface area contributed by atoms with E-state index in [0.717, 1.165) is 19.3 Å². The van der Waals surface area contributed by atoms with E-state index in [9.17, 15) is 18.9 Å². The highest BCUT2D eigenvalue weighted by molar-refractivity contribution is 7.52. The molecule has 0 bridgehead atoms. The number of esters is 3. The molecule has 1 aliphatic heterocycles. The maximum absolute atomic E-state index is 14.5. The average molecular weight is 658 g/mol. The molecule has 46 heavy (non-hydrogen) atoms. The number of para-hydroxylation sites is 1. The molecule has 0 spiro atoms. The van der Waals surface area contributed by atoms with Crippen molar-refractivity contribution in [1.82, 2.24) is 19.7 Å². The number of aromatic nitrogens is 3. The van der Waals surface area contributed by atoms with E-state index >= 15 is 0 Å². The van der Waals surface area contributed by atoms with Crippen LogP contribution >= 0.6 is 7.75 Å². The highest BCUT2D eigenvalue weighted by Gasteiger charge is 2.91. The number of nitrogen functional groups attached to an aromatic ring is 1. The van der Waals surface area contributed by atoms with Crippen LogP contribution in [-0.2, 0) is 42.4 Å². The molecule has 3 aromatic rings. The topological polar surface area (TPSA) is 192 Å². The van der Waals surface area contributed by atoms with E-state index in [-0.39, 0.29) is 18.2 Å². The van der Waals surface area contributed by atoms with Crippen LogP contribution in [0.1, 0.15) is 58.8 Å². The van der Waals surface area contributed by atoms with E-state index in [2.05, 4.69) is 15.2 Å². The van der Waals surface area contributed by atoms with Crippen molar-refractivity contribution in [3.05, 3.63) is 54.5 Å².